The molecule has 4 nitrogen and oxygen atoms in total. The van der Waals surface area contributed by atoms with Gasteiger partial charge in [0.2, 0.25) is 5.91 Å². The molecule has 2 unspecified atom stereocenters. The van der Waals surface area contributed by atoms with E-state index in [1.807, 2.05) is 4.90 Å². The predicted octanol–water partition coefficient (Wildman–Crippen LogP) is -0.262. The number of likely N-dealkylation sites (tertiary alicyclic amines) is 1. The van der Waals surface area contributed by atoms with Gasteiger partial charge >= 0.3 is 0 Å². The highest BCUT2D eigenvalue weighted by Gasteiger charge is 2.43. The summed E-state index contributed by atoms with van der Waals surface area (Å²) in [5.41, 5.74) is 0. The highest BCUT2D eigenvalue weighted by atomic mass is 16.5. The molecule has 0 aliphatic carbocycles. The van der Waals surface area contributed by atoms with Crippen molar-refractivity contribution in [3.8, 4) is 0 Å². The Morgan fingerprint density at radius 1 is 1.50 bits per heavy atom. The van der Waals surface area contributed by atoms with Gasteiger partial charge in [-0.15, -0.1) is 0 Å². The fourth-order valence-electron chi connectivity index (χ4n) is 2.77. The van der Waals surface area contributed by atoms with Crippen LogP contribution in [-0.4, -0.2) is 48.7 Å². The molecule has 0 spiro atoms. The van der Waals surface area contributed by atoms with Crippen LogP contribution in [0.15, 0.2) is 0 Å². The summed E-state index contributed by atoms with van der Waals surface area (Å²) in [6, 6.07) is 0.462. The fraction of sp³-hybridized carbons (Fsp3) is 0.900. The van der Waals surface area contributed by atoms with Gasteiger partial charge in [0.15, 0.2) is 0 Å². The number of carbonyl (C=O) groups excluding carboxylic acids is 1. The Labute approximate surface area is 83.6 Å². The lowest BCUT2D eigenvalue weighted by molar-refractivity contribution is -0.137. The van der Waals surface area contributed by atoms with Crippen LogP contribution in [0.5, 0.6) is 0 Å². The van der Waals surface area contributed by atoms with E-state index in [0.29, 0.717) is 18.1 Å². The van der Waals surface area contributed by atoms with Gasteiger partial charge in [0.1, 0.15) is 0 Å². The van der Waals surface area contributed by atoms with Crippen LogP contribution in [0.1, 0.15) is 19.3 Å². The molecule has 78 valence electrons. The minimum Gasteiger partial charge on any atom is -0.374 e. The molecule has 0 aromatic heterocycles. The van der Waals surface area contributed by atoms with Gasteiger partial charge in [0.25, 0.3) is 0 Å². The lowest BCUT2D eigenvalue weighted by Gasteiger charge is -2.29. The van der Waals surface area contributed by atoms with E-state index in [1.165, 1.54) is 0 Å². The number of hydrogen-bond donors (Lipinski definition) is 1. The van der Waals surface area contributed by atoms with Crippen molar-refractivity contribution < 1.29 is 9.53 Å². The van der Waals surface area contributed by atoms with Crippen LogP contribution < -0.4 is 5.32 Å². The summed E-state index contributed by atoms with van der Waals surface area (Å²) >= 11 is 0. The van der Waals surface area contributed by atoms with E-state index in [4.69, 9.17) is 4.74 Å². The number of fused-ring (bicyclic) bond motifs is 2. The number of ether oxygens (including phenoxy) is 1. The lowest BCUT2D eigenvalue weighted by Crippen LogP contribution is -2.49. The Morgan fingerprint density at radius 3 is 3.00 bits per heavy atom. The van der Waals surface area contributed by atoms with Gasteiger partial charge in [0.05, 0.1) is 24.8 Å². The highest BCUT2D eigenvalue weighted by Crippen LogP contribution is 2.28. The van der Waals surface area contributed by atoms with E-state index in [2.05, 4.69) is 5.32 Å². The summed E-state index contributed by atoms with van der Waals surface area (Å²) in [6.07, 6.45) is 3.52. The normalized spacial score (nSPS) is 40.9. The van der Waals surface area contributed by atoms with Crippen LogP contribution in [0.2, 0.25) is 0 Å². The van der Waals surface area contributed by atoms with Crippen LogP contribution >= 0.6 is 0 Å². The van der Waals surface area contributed by atoms with Crippen LogP contribution in [0, 0.1) is 0 Å². The van der Waals surface area contributed by atoms with E-state index < -0.39 is 0 Å². The first-order valence-corrected chi connectivity index (χ1v) is 5.50. The van der Waals surface area contributed by atoms with E-state index in [0.717, 1.165) is 39.0 Å². The van der Waals surface area contributed by atoms with Crippen molar-refractivity contribution in [1.29, 1.82) is 0 Å². The van der Waals surface area contributed by atoms with Crippen LogP contribution in [-0.2, 0) is 9.53 Å². The number of rotatable bonds is 1. The number of morpholine rings is 1. The van der Waals surface area contributed by atoms with Gasteiger partial charge in [-0.25, -0.2) is 0 Å². The first kappa shape index (κ1) is 8.68. The van der Waals surface area contributed by atoms with Gasteiger partial charge in [0, 0.05) is 6.54 Å². The van der Waals surface area contributed by atoms with E-state index in [1.54, 1.807) is 0 Å². The zero-order chi connectivity index (χ0) is 9.54. The first-order valence-electron chi connectivity index (χ1n) is 5.50. The van der Waals surface area contributed by atoms with Crippen LogP contribution in [0.4, 0.5) is 0 Å². The van der Waals surface area contributed by atoms with Crippen molar-refractivity contribution >= 4 is 5.91 Å². The maximum Gasteiger partial charge on any atom is 0.240 e. The Morgan fingerprint density at radius 2 is 2.43 bits per heavy atom. The van der Waals surface area contributed by atoms with E-state index in [9.17, 15) is 4.79 Å². The number of hydrogen-bond acceptors (Lipinski definition) is 3. The van der Waals surface area contributed by atoms with E-state index >= 15 is 0 Å². The molecule has 0 saturated carbocycles. The molecule has 0 aromatic carbocycles. The quantitative estimate of drug-likeness (QED) is 0.628. The second-order valence-electron chi connectivity index (χ2n) is 4.48. The number of nitrogens with zero attached hydrogens (tertiary/aromatic N) is 1. The maximum absolute atomic E-state index is 12.0. The zero-order valence-corrected chi connectivity index (χ0v) is 8.24. The molecule has 3 rings (SSSR count). The minimum atomic E-state index is 0.0920. The van der Waals surface area contributed by atoms with E-state index in [-0.39, 0.29) is 6.04 Å². The molecule has 3 fully saturated rings. The summed E-state index contributed by atoms with van der Waals surface area (Å²) < 4.78 is 5.48. The minimum absolute atomic E-state index is 0.0920. The highest BCUT2D eigenvalue weighted by molar-refractivity contribution is 5.83. The molecule has 3 heterocycles. The summed E-state index contributed by atoms with van der Waals surface area (Å²) in [5.74, 6) is 0.304. The average molecular weight is 196 g/mol. The van der Waals surface area contributed by atoms with Crippen molar-refractivity contribution in [2.45, 2.75) is 37.5 Å². The molecular weight excluding hydrogens is 180 g/mol. The standard InChI is InChI=1S/C10H16N2O2/c13-10(9-2-1-3-11-9)12-5-8-4-7(12)6-14-8/h7-9,11H,1-6H2/t7?,8?,9-/m1/s1. The van der Waals surface area contributed by atoms with Crippen molar-refractivity contribution in [2.75, 3.05) is 19.7 Å². The topological polar surface area (TPSA) is 41.6 Å². The summed E-state index contributed by atoms with van der Waals surface area (Å²) in [6.45, 7) is 2.57. The van der Waals surface area contributed by atoms with Gasteiger partial charge in [-0.3, -0.25) is 4.79 Å². The third-order valence-corrected chi connectivity index (χ3v) is 3.54. The third kappa shape index (κ3) is 1.25. The molecule has 3 atom stereocenters. The smallest absolute Gasteiger partial charge is 0.240 e. The third-order valence-electron chi connectivity index (χ3n) is 3.54. The second kappa shape index (κ2) is 3.21. The van der Waals surface area contributed by atoms with Gasteiger partial charge in [-0.1, -0.05) is 0 Å². The lowest BCUT2D eigenvalue weighted by atomic mass is 10.2. The number of carbonyl (C=O) groups is 1. The van der Waals surface area contributed by atoms with Crippen molar-refractivity contribution in [3.05, 3.63) is 0 Å². The summed E-state index contributed by atoms with van der Waals surface area (Å²) in [5, 5.41) is 3.26. The molecule has 1 amide bonds. The first-order chi connectivity index (χ1) is 6.84. The Balaban J connectivity index is 1.67. The summed E-state index contributed by atoms with van der Waals surface area (Å²) in [4.78, 5) is 14.1. The zero-order valence-electron chi connectivity index (χ0n) is 8.24. The molecule has 4 heteroatoms. The van der Waals surface area contributed by atoms with Crippen LogP contribution in [0.3, 0.4) is 0 Å². The van der Waals surface area contributed by atoms with Crippen molar-refractivity contribution in [1.82, 2.24) is 10.2 Å². The average Bonchev–Trinajstić information content (AvgIpc) is 2.93. The molecule has 0 radical (unpaired) electrons. The monoisotopic (exact) mass is 196 g/mol. The molecule has 0 aromatic rings. The molecule has 3 aliphatic rings. The molecule has 1 N–H and O–H groups in total. The van der Waals surface area contributed by atoms with Crippen molar-refractivity contribution in [2.24, 2.45) is 0 Å². The SMILES string of the molecule is O=C([C@H]1CCCN1)N1CC2CC1CO2. The Bertz CT molecular complexity index is 251. The molecule has 3 aliphatic heterocycles. The van der Waals surface area contributed by atoms with Crippen molar-refractivity contribution in [3.63, 3.8) is 0 Å². The second-order valence-corrected chi connectivity index (χ2v) is 4.48. The molecule has 14 heavy (non-hydrogen) atoms. The molecule has 2 bridgehead atoms. The fourth-order valence-corrected chi connectivity index (χ4v) is 2.77. The predicted molar refractivity (Wildman–Crippen MR) is 50.9 cm³/mol. The largest absolute Gasteiger partial charge is 0.374 e. The van der Waals surface area contributed by atoms with Gasteiger partial charge < -0.3 is 15.0 Å². The Kier molecular flexibility index (Phi) is 1.99. The van der Waals surface area contributed by atoms with Gasteiger partial charge in [-0.2, -0.15) is 0 Å². The maximum atomic E-state index is 12.0. The molecule has 3 saturated heterocycles. The number of nitrogens with one attached hydrogen (secondary N) is 1. The number of amides is 1. The molecular formula is C10H16N2O2. The summed E-state index contributed by atoms with van der Waals surface area (Å²) in [7, 11) is 0. The van der Waals surface area contributed by atoms with Crippen LogP contribution in [0.25, 0.3) is 0 Å². The Hall–Kier alpha value is -0.610. The van der Waals surface area contributed by atoms with Gasteiger partial charge in [-0.05, 0) is 25.8 Å².